The summed E-state index contributed by atoms with van der Waals surface area (Å²) in [5, 5.41) is 14.7. The number of urea groups is 1. The summed E-state index contributed by atoms with van der Waals surface area (Å²) in [4.78, 5) is 22.6. The van der Waals surface area contributed by atoms with Gasteiger partial charge < -0.3 is 15.7 Å². The number of amides is 2. The average molecular weight is 290 g/mol. The number of sulfone groups is 1. The molecule has 8 heteroatoms. The fourth-order valence-corrected chi connectivity index (χ4v) is 2.96. The Bertz CT molecular complexity index is 483. The van der Waals surface area contributed by atoms with E-state index in [1.165, 1.54) is 6.08 Å². The number of nitrogens with one attached hydrogen (secondary N) is 2. The SMILES string of the molecule is CC(C)C[C@H](NC(=O)NC1C=CS(=O)(=O)C1)C(=O)O. The summed E-state index contributed by atoms with van der Waals surface area (Å²) in [7, 11) is -3.24. The molecule has 7 nitrogen and oxygen atoms in total. The molecule has 1 aliphatic heterocycles. The molecule has 0 saturated carbocycles. The van der Waals surface area contributed by atoms with Crippen LogP contribution in [0.25, 0.3) is 0 Å². The molecule has 0 aliphatic carbocycles. The minimum absolute atomic E-state index is 0.119. The second-order valence-electron chi connectivity index (χ2n) is 4.90. The zero-order chi connectivity index (χ0) is 14.6. The second-order valence-corrected chi connectivity index (χ2v) is 6.83. The van der Waals surface area contributed by atoms with Gasteiger partial charge in [0.25, 0.3) is 0 Å². The maximum Gasteiger partial charge on any atom is 0.326 e. The predicted octanol–water partition coefficient (Wildman–Crippen LogP) is 0.0956. The molecule has 0 fully saturated rings. The molecule has 2 atom stereocenters. The van der Waals surface area contributed by atoms with Crippen LogP contribution in [0, 0.1) is 5.92 Å². The van der Waals surface area contributed by atoms with E-state index in [4.69, 9.17) is 5.11 Å². The first-order valence-corrected chi connectivity index (χ1v) is 7.62. The molecular weight excluding hydrogens is 272 g/mol. The van der Waals surface area contributed by atoms with Crippen LogP contribution in [0.3, 0.4) is 0 Å². The number of carbonyl (C=O) groups is 2. The van der Waals surface area contributed by atoms with Crippen LogP contribution in [0.4, 0.5) is 4.79 Å². The van der Waals surface area contributed by atoms with Crippen LogP contribution in [0.15, 0.2) is 11.5 Å². The van der Waals surface area contributed by atoms with Gasteiger partial charge >= 0.3 is 12.0 Å². The molecule has 1 unspecified atom stereocenters. The van der Waals surface area contributed by atoms with Crippen molar-refractivity contribution in [2.75, 3.05) is 5.75 Å². The van der Waals surface area contributed by atoms with Gasteiger partial charge in [0, 0.05) is 5.41 Å². The van der Waals surface area contributed by atoms with Crippen LogP contribution in [-0.2, 0) is 14.6 Å². The number of rotatable bonds is 5. The average Bonchev–Trinajstić information content (AvgIpc) is 2.56. The van der Waals surface area contributed by atoms with Crippen molar-refractivity contribution < 1.29 is 23.1 Å². The summed E-state index contributed by atoms with van der Waals surface area (Å²) in [5.41, 5.74) is 0. The molecule has 0 spiro atoms. The predicted molar refractivity (Wildman–Crippen MR) is 69.3 cm³/mol. The van der Waals surface area contributed by atoms with Crippen molar-refractivity contribution in [1.82, 2.24) is 10.6 Å². The number of hydrogen-bond acceptors (Lipinski definition) is 4. The lowest BCUT2D eigenvalue weighted by molar-refractivity contribution is -0.139. The molecule has 1 aliphatic rings. The van der Waals surface area contributed by atoms with Gasteiger partial charge in [0.15, 0.2) is 9.84 Å². The van der Waals surface area contributed by atoms with Gasteiger partial charge in [-0.2, -0.15) is 0 Å². The van der Waals surface area contributed by atoms with Gasteiger partial charge in [0.05, 0.1) is 11.8 Å². The fourth-order valence-electron chi connectivity index (χ4n) is 1.73. The largest absolute Gasteiger partial charge is 0.480 e. The van der Waals surface area contributed by atoms with Crippen LogP contribution < -0.4 is 10.6 Å². The minimum Gasteiger partial charge on any atom is -0.480 e. The fraction of sp³-hybridized carbons (Fsp3) is 0.636. The van der Waals surface area contributed by atoms with E-state index in [1.54, 1.807) is 0 Å². The summed E-state index contributed by atoms with van der Waals surface area (Å²) >= 11 is 0. The molecule has 0 aromatic heterocycles. The summed E-state index contributed by atoms with van der Waals surface area (Å²) in [6.45, 7) is 3.70. The lowest BCUT2D eigenvalue weighted by atomic mass is 10.0. The third-order valence-electron chi connectivity index (χ3n) is 2.56. The number of carboxylic acid groups (broad SMARTS) is 1. The maximum atomic E-state index is 11.6. The molecule has 0 aromatic rings. The Labute approximate surface area is 112 Å². The highest BCUT2D eigenvalue weighted by Gasteiger charge is 2.25. The molecule has 3 N–H and O–H groups in total. The van der Waals surface area contributed by atoms with E-state index < -0.39 is 33.9 Å². The van der Waals surface area contributed by atoms with Gasteiger partial charge in [-0.15, -0.1) is 0 Å². The van der Waals surface area contributed by atoms with Crippen LogP contribution >= 0.6 is 0 Å². The van der Waals surface area contributed by atoms with Crippen molar-refractivity contribution >= 4 is 21.8 Å². The lowest BCUT2D eigenvalue weighted by Crippen LogP contribution is -2.49. The molecule has 0 radical (unpaired) electrons. The van der Waals surface area contributed by atoms with E-state index in [-0.39, 0.29) is 11.7 Å². The Morgan fingerprint density at radius 1 is 1.42 bits per heavy atom. The first-order valence-electron chi connectivity index (χ1n) is 5.90. The normalized spacial score (nSPS) is 22.2. The van der Waals surface area contributed by atoms with E-state index >= 15 is 0 Å². The quantitative estimate of drug-likeness (QED) is 0.664. The number of hydrogen-bond donors (Lipinski definition) is 3. The third kappa shape index (κ3) is 5.29. The van der Waals surface area contributed by atoms with Crippen molar-refractivity contribution in [3.63, 3.8) is 0 Å². The Balaban J connectivity index is 2.50. The first kappa shape index (κ1) is 15.5. The van der Waals surface area contributed by atoms with E-state index in [9.17, 15) is 18.0 Å². The van der Waals surface area contributed by atoms with E-state index in [0.29, 0.717) is 6.42 Å². The molecule has 19 heavy (non-hydrogen) atoms. The highest BCUT2D eigenvalue weighted by atomic mass is 32.2. The topological polar surface area (TPSA) is 113 Å². The van der Waals surface area contributed by atoms with E-state index in [2.05, 4.69) is 10.6 Å². The molecule has 0 aromatic carbocycles. The smallest absolute Gasteiger partial charge is 0.326 e. The molecule has 1 rings (SSSR count). The van der Waals surface area contributed by atoms with E-state index in [0.717, 1.165) is 5.41 Å². The molecule has 1 heterocycles. The highest BCUT2D eigenvalue weighted by molar-refractivity contribution is 7.94. The Kier molecular flexibility index (Phi) is 4.93. The monoisotopic (exact) mass is 290 g/mol. The van der Waals surface area contributed by atoms with Gasteiger partial charge in [-0.3, -0.25) is 0 Å². The van der Waals surface area contributed by atoms with Gasteiger partial charge in [-0.1, -0.05) is 13.8 Å². The van der Waals surface area contributed by atoms with Crippen LogP contribution in [0.2, 0.25) is 0 Å². The lowest BCUT2D eigenvalue weighted by Gasteiger charge is -2.18. The summed E-state index contributed by atoms with van der Waals surface area (Å²) in [6.07, 6.45) is 1.68. The second kappa shape index (κ2) is 6.05. The van der Waals surface area contributed by atoms with Crippen LogP contribution in [0.5, 0.6) is 0 Å². The molecule has 108 valence electrons. The maximum absolute atomic E-state index is 11.6. The van der Waals surface area contributed by atoms with Crippen LogP contribution in [0.1, 0.15) is 20.3 Å². The Morgan fingerprint density at radius 2 is 2.05 bits per heavy atom. The zero-order valence-electron chi connectivity index (χ0n) is 10.8. The highest BCUT2D eigenvalue weighted by Crippen LogP contribution is 2.08. The Morgan fingerprint density at radius 3 is 2.47 bits per heavy atom. The number of carbonyl (C=O) groups excluding carboxylic acids is 1. The van der Waals surface area contributed by atoms with E-state index in [1.807, 2.05) is 13.8 Å². The Hall–Kier alpha value is -1.57. The van der Waals surface area contributed by atoms with Crippen molar-refractivity contribution in [2.24, 2.45) is 5.92 Å². The number of aliphatic carboxylic acids is 1. The number of carboxylic acids is 1. The van der Waals surface area contributed by atoms with Crippen molar-refractivity contribution in [3.8, 4) is 0 Å². The molecular formula is C11H18N2O5S. The third-order valence-corrected chi connectivity index (χ3v) is 3.95. The summed E-state index contributed by atoms with van der Waals surface area (Å²) in [5.74, 6) is -1.19. The zero-order valence-corrected chi connectivity index (χ0v) is 11.6. The molecule has 0 bridgehead atoms. The first-order chi connectivity index (χ1) is 8.69. The minimum atomic E-state index is -3.24. The summed E-state index contributed by atoms with van der Waals surface area (Å²) in [6, 6.07) is -2.28. The standard InChI is InChI=1S/C11H18N2O5S/c1-7(2)5-9(10(14)15)13-11(16)12-8-3-4-19(17,18)6-8/h3-4,7-9H,5-6H2,1-2H3,(H,14,15)(H2,12,13,16)/t8?,9-/m0/s1. The molecule has 2 amide bonds. The molecule has 0 saturated heterocycles. The van der Waals surface area contributed by atoms with Crippen molar-refractivity contribution in [3.05, 3.63) is 11.5 Å². The van der Waals surface area contributed by atoms with Crippen molar-refractivity contribution in [1.29, 1.82) is 0 Å². The van der Waals surface area contributed by atoms with Gasteiger partial charge in [-0.25, -0.2) is 18.0 Å². The van der Waals surface area contributed by atoms with Gasteiger partial charge in [0.2, 0.25) is 0 Å². The van der Waals surface area contributed by atoms with Crippen molar-refractivity contribution in [2.45, 2.75) is 32.4 Å². The van der Waals surface area contributed by atoms with Gasteiger partial charge in [0.1, 0.15) is 6.04 Å². The van der Waals surface area contributed by atoms with Gasteiger partial charge in [-0.05, 0) is 18.4 Å². The van der Waals surface area contributed by atoms with Crippen LogP contribution in [-0.4, -0.2) is 43.4 Å². The summed E-state index contributed by atoms with van der Waals surface area (Å²) < 4.78 is 22.3.